The van der Waals surface area contributed by atoms with Crippen molar-refractivity contribution >= 4 is 17.0 Å². The molecule has 0 fully saturated rings. The highest BCUT2D eigenvalue weighted by molar-refractivity contribution is 5.84. The lowest BCUT2D eigenvalue weighted by molar-refractivity contribution is 0.317. The number of anilines is 1. The molecule has 0 saturated heterocycles. The summed E-state index contributed by atoms with van der Waals surface area (Å²) in [6.07, 6.45) is 6.37. The maximum atomic E-state index is 5.61. The molecule has 23 heavy (non-hydrogen) atoms. The molecule has 1 aliphatic carbocycles. The fourth-order valence-electron chi connectivity index (χ4n) is 3.00. The Morgan fingerprint density at radius 1 is 1.26 bits per heavy atom. The Morgan fingerprint density at radius 2 is 2.04 bits per heavy atom. The van der Waals surface area contributed by atoms with Gasteiger partial charge in [-0.25, -0.2) is 0 Å². The number of aryl methyl sites for hydroxylation is 1. The second kappa shape index (κ2) is 6.78. The Morgan fingerprint density at radius 3 is 2.78 bits per heavy atom. The lowest BCUT2D eigenvalue weighted by Crippen LogP contribution is -2.03. The van der Waals surface area contributed by atoms with Crippen molar-refractivity contribution in [2.24, 2.45) is 0 Å². The van der Waals surface area contributed by atoms with E-state index in [2.05, 4.69) is 30.4 Å². The van der Waals surface area contributed by atoms with Crippen molar-refractivity contribution in [1.29, 1.82) is 0 Å². The molecule has 2 aromatic rings. The van der Waals surface area contributed by atoms with Gasteiger partial charge < -0.3 is 15.0 Å². The van der Waals surface area contributed by atoms with Gasteiger partial charge >= 0.3 is 0 Å². The fraction of sp³-hybridized carbons (Fsp3) is 0.300. The number of nitrogens with one attached hydrogen (secondary N) is 2. The van der Waals surface area contributed by atoms with Gasteiger partial charge in [0.2, 0.25) is 0 Å². The first kappa shape index (κ1) is 15.5. The van der Waals surface area contributed by atoms with E-state index in [0.29, 0.717) is 0 Å². The molecule has 3 rings (SSSR count). The number of aromatic amines is 1. The topological polar surface area (TPSA) is 37.0 Å². The van der Waals surface area contributed by atoms with E-state index in [-0.39, 0.29) is 0 Å². The monoisotopic (exact) mass is 308 g/mol. The molecule has 0 radical (unpaired) electrons. The lowest BCUT2D eigenvalue weighted by atomic mass is 9.90. The Bertz CT molecular complexity index is 710. The number of ether oxygens (including phenoxy) is 1. The van der Waals surface area contributed by atoms with Gasteiger partial charge in [0, 0.05) is 34.4 Å². The first-order valence-electron chi connectivity index (χ1n) is 8.26. The largest absolute Gasteiger partial charge is 0.494 e. The fourth-order valence-corrected chi connectivity index (χ4v) is 3.00. The zero-order chi connectivity index (χ0) is 16.2. The normalized spacial score (nSPS) is 13.5. The highest BCUT2D eigenvalue weighted by atomic mass is 16.5. The summed E-state index contributed by atoms with van der Waals surface area (Å²) in [5, 5.41) is 3.39. The minimum atomic E-state index is 0.747. The highest BCUT2D eigenvalue weighted by Gasteiger charge is 2.19. The molecular formula is C20H24N2O. The number of rotatable bonds is 6. The summed E-state index contributed by atoms with van der Waals surface area (Å²) in [5.74, 6) is 0.899. The third kappa shape index (κ3) is 3.34. The van der Waals surface area contributed by atoms with E-state index in [4.69, 9.17) is 4.74 Å². The van der Waals surface area contributed by atoms with E-state index >= 15 is 0 Å². The number of allylic oxidation sites excluding steroid dienone is 1. The van der Waals surface area contributed by atoms with Gasteiger partial charge in [0.1, 0.15) is 5.75 Å². The first-order valence-corrected chi connectivity index (χ1v) is 8.26. The summed E-state index contributed by atoms with van der Waals surface area (Å²) < 4.78 is 5.61. The molecule has 0 aliphatic heterocycles. The summed E-state index contributed by atoms with van der Waals surface area (Å²) in [4.78, 5) is 3.37. The van der Waals surface area contributed by atoms with Gasteiger partial charge in [-0.3, -0.25) is 0 Å². The first-order chi connectivity index (χ1) is 11.2. The van der Waals surface area contributed by atoms with Crippen LogP contribution in [0.15, 0.2) is 43.6 Å². The van der Waals surface area contributed by atoms with Gasteiger partial charge in [-0.2, -0.15) is 0 Å². The van der Waals surface area contributed by atoms with Crippen LogP contribution in [0.2, 0.25) is 0 Å². The maximum Gasteiger partial charge on any atom is 0.119 e. The van der Waals surface area contributed by atoms with Crippen molar-refractivity contribution in [3.8, 4) is 5.75 Å². The average molecular weight is 308 g/mol. The molecular weight excluding hydrogens is 284 g/mol. The summed E-state index contributed by atoms with van der Waals surface area (Å²) in [6.45, 7) is 11.3. The van der Waals surface area contributed by atoms with E-state index in [1.54, 1.807) is 0 Å². The van der Waals surface area contributed by atoms with E-state index in [9.17, 15) is 0 Å². The minimum absolute atomic E-state index is 0.747. The number of aromatic nitrogens is 1. The molecule has 0 amide bonds. The molecule has 120 valence electrons. The van der Waals surface area contributed by atoms with Crippen LogP contribution in [0.3, 0.4) is 0 Å². The van der Waals surface area contributed by atoms with Crippen molar-refractivity contribution in [1.82, 2.24) is 4.98 Å². The smallest absolute Gasteiger partial charge is 0.119 e. The quantitative estimate of drug-likeness (QED) is 0.766. The Kier molecular flexibility index (Phi) is 4.56. The third-order valence-corrected chi connectivity index (χ3v) is 4.17. The van der Waals surface area contributed by atoms with Crippen LogP contribution in [0.5, 0.6) is 5.75 Å². The molecule has 0 spiro atoms. The minimum Gasteiger partial charge on any atom is -0.494 e. The van der Waals surface area contributed by atoms with Crippen LogP contribution in [0.25, 0.3) is 11.3 Å². The van der Waals surface area contributed by atoms with E-state index in [1.807, 2.05) is 30.5 Å². The molecule has 0 unspecified atom stereocenters. The van der Waals surface area contributed by atoms with Crippen molar-refractivity contribution in [3.63, 3.8) is 0 Å². The number of fused-ring (bicyclic) bond motifs is 1. The molecule has 0 saturated carbocycles. The van der Waals surface area contributed by atoms with Gasteiger partial charge in [-0.15, -0.1) is 0 Å². The zero-order valence-electron chi connectivity index (χ0n) is 13.7. The highest BCUT2D eigenvalue weighted by Crippen LogP contribution is 2.35. The van der Waals surface area contributed by atoms with Crippen LogP contribution in [-0.4, -0.2) is 11.6 Å². The van der Waals surface area contributed by atoms with Gasteiger partial charge in [-0.1, -0.05) is 20.1 Å². The summed E-state index contributed by atoms with van der Waals surface area (Å²) in [6, 6.07) is 8.00. The van der Waals surface area contributed by atoms with Crippen LogP contribution in [0, 0.1) is 0 Å². The predicted molar refractivity (Wildman–Crippen MR) is 97.6 cm³/mol. The third-order valence-electron chi connectivity index (χ3n) is 4.17. The summed E-state index contributed by atoms with van der Waals surface area (Å²) in [5.41, 5.74) is 6.76. The van der Waals surface area contributed by atoms with Gasteiger partial charge in [-0.05, 0) is 55.5 Å². The number of H-pyrrole nitrogens is 1. The molecule has 0 bridgehead atoms. The van der Waals surface area contributed by atoms with E-state index in [0.717, 1.165) is 48.6 Å². The number of hydrogen-bond acceptors (Lipinski definition) is 2. The second-order valence-electron chi connectivity index (χ2n) is 5.99. The molecule has 0 atom stereocenters. The van der Waals surface area contributed by atoms with Crippen LogP contribution < -0.4 is 10.1 Å². The van der Waals surface area contributed by atoms with E-state index < -0.39 is 0 Å². The number of hydrogen-bond donors (Lipinski definition) is 2. The molecule has 3 heteroatoms. The Hall–Kier alpha value is -2.42. The van der Waals surface area contributed by atoms with Crippen LogP contribution >= 0.6 is 0 Å². The predicted octanol–water partition coefficient (Wildman–Crippen LogP) is 5.24. The van der Waals surface area contributed by atoms with Crippen LogP contribution in [0.4, 0.5) is 5.69 Å². The SMILES string of the molecule is C=C(Nc1ccc(OCCC)cc1)c1c[nH]c2c1C(=C)CCC2. The van der Waals surface area contributed by atoms with Crippen molar-refractivity contribution in [2.75, 3.05) is 11.9 Å². The zero-order valence-corrected chi connectivity index (χ0v) is 13.7. The molecule has 2 N–H and O–H groups in total. The van der Waals surface area contributed by atoms with Gasteiger partial charge in [0.05, 0.1) is 6.61 Å². The molecule has 1 aromatic heterocycles. The second-order valence-corrected chi connectivity index (χ2v) is 5.99. The standard InChI is InChI=1S/C20H24N2O/c1-4-12-23-17-10-8-16(9-11-17)22-15(3)18-13-21-19-7-5-6-14(2)20(18)19/h8-11,13,21-22H,2-7,12H2,1H3. The van der Waals surface area contributed by atoms with Crippen molar-refractivity contribution in [3.05, 3.63) is 60.4 Å². The summed E-state index contributed by atoms with van der Waals surface area (Å²) >= 11 is 0. The van der Waals surface area contributed by atoms with Gasteiger partial charge in [0.25, 0.3) is 0 Å². The molecule has 1 heterocycles. The lowest BCUT2D eigenvalue weighted by Gasteiger charge is -2.17. The van der Waals surface area contributed by atoms with Crippen molar-refractivity contribution < 1.29 is 4.74 Å². The van der Waals surface area contributed by atoms with E-state index in [1.165, 1.54) is 23.3 Å². The van der Waals surface area contributed by atoms with Crippen LogP contribution in [-0.2, 0) is 6.42 Å². The Labute approximate surface area is 138 Å². The number of benzene rings is 1. The molecule has 1 aliphatic rings. The maximum absolute atomic E-state index is 5.61. The van der Waals surface area contributed by atoms with Crippen LogP contribution in [0.1, 0.15) is 43.0 Å². The van der Waals surface area contributed by atoms with Crippen molar-refractivity contribution in [2.45, 2.75) is 32.6 Å². The van der Waals surface area contributed by atoms with Gasteiger partial charge in [0.15, 0.2) is 0 Å². The molecule has 1 aromatic carbocycles. The summed E-state index contributed by atoms with van der Waals surface area (Å²) in [7, 11) is 0. The molecule has 3 nitrogen and oxygen atoms in total. The average Bonchev–Trinajstić information content (AvgIpc) is 3.00. The Balaban J connectivity index is 1.72.